The summed E-state index contributed by atoms with van der Waals surface area (Å²) in [7, 11) is 0. The van der Waals surface area contributed by atoms with E-state index in [-0.39, 0.29) is 29.0 Å². The van der Waals surface area contributed by atoms with E-state index in [0.29, 0.717) is 28.2 Å². The molecule has 3 N–H and O–H groups in total. The number of nitrogens with two attached hydrogens (primary N) is 1. The number of aromatic nitrogens is 4. The molecule has 3 aromatic heterocycles. The summed E-state index contributed by atoms with van der Waals surface area (Å²) in [4.78, 5) is 28.8. The van der Waals surface area contributed by atoms with Crippen LogP contribution in [0.4, 0.5) is 10.1 Å². The minimum Gasteiger partial charge on any atom is -0.364 e. The second kappa shape index (κ2) is 7.92. The van der Waals surface area contributed by atoms with Crippen molar-refractivity contribution in [2.45, 2.75) is 20.4 Å². The lowest BCUT2D eigenvalue weighted by Gasteiger charge is -2.10. The van der Waals surface area contributed by atoms with Crippen LogP contribution in [-0.4, -0.2) is 31.7 Å². The van der Waals surface area contributed by atoms with Crippen LogP contribution in [0.1, 0.15) is 43.7 Å². The Hall–Kier alpha value is -4.59. The third-order valence-corrected chi connectivity index (χ3v) is 4.87. The van der Waals surface area contributed by atoms with E-state index in [2.05, 4.69) is 20.6 Å². The molecule has 2 amide bonds. The van der Waals surface area contributed by atoms with Gasteiger partial charge in [-0.25, -0.2) is 9.37 Å². The van der Waals surface area contributed by atoms with Gasteiger partial charge in [-0.2, -0.15) is 10.4 Å². The van der Waals surface area contributed by atoms with Crippen LogP contribution in [0.3, 0.4) is 0 Å². The normalized spacial score (nSPS) is 10.8. The average molecular weight is 433 g/mol. The Kier molecular flexibility index (Phi) is 5.11. The number of halogens is 1. The van der Waals surface area contributed by atoms with Crippen molar-refractivity contribution in [1.29, 1.82) is 5.26 Å². The predicted molar refractivity (Wildman–Crippen MR) is 110 cm³/mol. The Morgan fingerprint density at radius 1 is 1.28 bits per heavy atom. The summed E-state index contributed by atoms with van der Waals surface area (Å²) in [6.07, 6.45) is 0. The van der Waals surface area contributed by atoms with Crippen molar-refractivity contribution in [2.24, 2.45) is 5.73 Å². The zero-order valence-electron chi connectivity index (χ0n) is 17.0. The van der Waals surface area contributed by atoms with E-state index in [1.54, 1.807) is 18.5 Å². The van der Waals surface area contributed by atoms with Crippen LogP contribution < -0.4 is 11.1 Å². The van der Waals surface area contributed by atoms with Gasteiger partial charge in [-0.3, -0.25) is 14.3 Å². The van der Waals surface area contributed by atoms with Crippen molar-refractivity contribution in [1.82, 2.24) is 19.9 Å². The number of primary amides is 1. The number of fused-ring (bicyclic) bond motifs is 1. The molecule has 1 aromatic carbocycles. The third-order valence-electron chi connectivity index (χ3n) is 4.87. The zero-order chi connectivity index (χ0) is 23.0. The molecule has 160 valence electrons. The first-order chi connectivity index (χ1) is 15.3. The van der Waals surface area contributed by atoms with E-state index in [9.17, 15) is 14.0 Å². The zero-order valence-corrected chi connectivity index (χ0v) is 17.0. The Balaban J connectivity index is 1.69. The first-order valence-electron chi connectivity index (χ1n) is 9.38. The lowest BCUT2D eigenvalue weighted by atomic mass is 10.1. The van der Waals surface area contributed by atoms with Crippen LogP contribution in [0.2, 0.25) is 0 Å². The second-order valence-electron chi connectivity index (χ2n) is 7.03. The molecule has 0 unspecified atom stereocenters. The minimum atomic E-state index is -0.839. The Morgan fingerprint density at radius 3 is 2.75 bits per heavy atom. The number of pyridine rings is 1. The summed E-state index contributed by atoms with van der Waals surface area (Å²) in [5.74, 6) is -1.51. The number of benzene rings is 1. The quantitative estimate of drug-likeness (QED) is 0.490. The molecular weight excluding hydrogens is 417 g/mol. The van der Waals surface area contributed by atoms with Crippen LogP contribution >= 0.6 is 0 Å². The number of nitrogens with one attached hydrogen (secondary N) is 1. The fourth-order valence-corrected chi connectivity index (χ4v) is 3.32. The molecule has 11 heteroatoms. The monoisotopic (exact) mass is 433 g/mol. The predicted octanol–water partition coefficient (Wildman–Crippen LogP) is 2.45. The van der Waals surface area contributed by atoms with Gasteiger partial charge in [-0.1, -0.05) is 5.16 Å². The first kappa shape index (κ1) is 20.7. The van der Waals surface area contributed by atoms with E-state index in [1.165, 1.54) is 24.3 Å². The number of amides is 2. The van der Waals surface area contributed by atoms with Gasteiger partial charge in [-0.05, 0) is 32.0 Å². The van der Waals surface area contributed by atoms with E-state index in [4.69, 9.17) is 15.5 Å². The number of nitrogens with zero attached hydrogens (tertiary/aromatic N) is 5. The maximum absolute atomic E-state index is 13.7. The SMILES string of the molecule is Cc1nn(Cc2cc(C#N)no2)c(C)c1NC(=O)c1cc(C(N)=O)nc2cc(F)ccc12. The maximum Gasteiger partial charge on any atom is 0.267 e. The first-order valence-corrected chi connectivity index (χ1v) is 9.38. The molecule has 0 fully saturated rings. The molecule has 0 radical (unpaired) electrons. The summed E-state index contributed by atoms with van der Waals surface area (Å²) in [5, 5.41) is 20.1. The van der Waals surface area contributed by atoms with Gasteiger partial charge in [0.2, 0.25) is 0 Å². The highest BCUT2D eigenvalue weighted by atomic mass is 19.1. The van der Waals surface area contributed by atoms with Gasteiger partial charge in [0.25, 0.3) is 11.8 Å². The summed E-state index contributed by atoms with van der Waals surface area (Å²) in [6.45, 7) is 3.68. The molecule has 32 heavy (non-hydrogen) atoms. The fourth-order valence-electron chi connectivity index (χ4n) is 3.32. The van der Waals surface area contributed by atoms with E-state index in [1.807, 2.05) is 6.07 Å². The van der Waals surface area contributed by atoms with Gasteiger partial charge in [0.15, 0.2) is 11.5 Å². The second-order valence-corrected chi connectivity index (χ2v) is 7.03. The molecule has 0 aliphatic rings. The molecule has 4 aromatic rings. The van der Waals surface area contributed by atoms with Crippen LogP contribution in [0.25, 0.3) is 10.9 Å². The molecule has 0 aliphatic heterocycles. The number of hydrogen-bond donors (Lipinski definition) is 2. The average Bonchev–Trinajstić information content (AvgIpc) is 3.32. The molecular formula is C21H16FN7O3. The number of carbonyl (C=O) groups excluding carboxylic acids is 2. The van der Waals surface area contributed by atoms with E-state index < -0.39 is 17.6 Å². The van der Waals surface area contributed by atoms with Crippen molar-refractivity contribution in [3.63, 3.8) is 0 Å². The molecule has 0 saturated carbocycles. The molecule has 0 bridgehead atoms. The molecule has 3 heterocycles. The molecule has 0 atom stereocenters. The Bertz CT molecular complexity index is 1430. The van der Waals surface area contributed by atoms with Crippen LogP contribution in [-0.2, 0) is 6.54 Å². The molecule has 10 nitrogen and oxygen atoms in total. The van der Waals surface area contributed by atoms with Crippen molar-refractivity contribution in [3.05, 3.63) is 70.2 Å². The van der Waals surface area contributed by atoms with Crippen molar-refractivity contribution >= 4 is 28.4 Å². The summed E-state index contributed by atoms with van der Waals surface area (Å²) in [5.41, 5.74) is 7.20. The highest BCUT2D eigenvalue weighted by Gasteiger charge is 2.20. The third kappa shape index (κ3) is 3.77. The number of hydrogen-bond acceptors (Lipinski definition) is 7. The molecule has 4 rings (SSSR count). The van der Waals surface area contributed by atoms with Crippen molar-refractivity contribution in [2.75, 3.05) is 5.32 Å². The highest BCUT2D eigenvalue weighted by molar-refractivity contribution is 6.14. The van der Waals surface area contributed by atoms with Gasteiger partial charge in [-0.15, -0.1) is 0 Å². The standard InChI is InChI=1S/C21H16FN7O3/c1-10-19(11(2)29(27-10)9-14-6-13(8-23)28-32-14)26-21(31)16-7-18(20(24)30)25-17-5-12(22)3-4-15(16)17/h3-7H,9H2,1-2H3,(H2,24,30)(H,26,31). The van der Waals surface area contributed by atoms with Crippen molar-refractivity contribution < 1.29 is 18.5 Å². The number of rotatable bonds is 5. The lowest BCUT2D eigenvalue weighted by molar-refractivity contribution is 0.0996. The van der Waals surface area contributed by atoms with Crippen LogP contribution in [0, 0.1) is 31.0 Å². The molecule has 0 spiro atoms. The smallest absolute Gasteiger partial charge is 0.267 e. The number of carbonyl (C=O) groups is 2. The summed E-state index contributed by atoms with van der Waals surface area (Å²) >= 11 is 0. The Morgan fingerprint density at radius 2 is 2.06 bits per heavy atom. The van der Waals surface area contributed by atoms with E-state index in [0.717, 1.165) is 6.07 Å². The van der Waals surface area contributed by atoms with Gasteiger partial charge >= 0.3 is 0 Å². The Labute approximate surface area is 180 Å². The van der Waals surface area contributed by atoms with Crippen LogP contribution in [0.5, 0.6) is 0 Å². The number of nitriles is 1. The van der Waals surface area contributed by atoms with Gasteiger partial charge < -0.3 is 15.6 Å². The van der Waals surface area contributed by atoms with Gasteiger partial charge in [0, 0.05) is 17.5 Å². The molecule has 0 aliphatic carbocycles. The number of aryl methyl sites for hydroxylation is 1. The maximum atomic E-state index is 13.7. The number of anilines is 1. The van der Waals surface area contributed by atoms with Crippen molar-refractivity contribution in [3.8, 4) is 6.07 Å². The topological polar surface area (TPSA) is 153 Å². The largest absolute Gasteiger partial charge is 0.364 e. The summed E-state index contributed by atoms with van der Waals surface area (Å²) in [6, 6.07) is 8.40. The van der Waals surface area contributed by atoms with Gasteiger partial charge in [0.05, 0.1) is 28.2 Å². The van der Waals surface area contributed by atoms with Crippen LogP contribution in [0.15, 0.2) is 34.9 Å². The van der Waals surface area contributed by atoms with Gasteiger partial charge in [0.1, 0.15) is 24.1 Å². The minimum absolute atomic E-state index is 0.115. The van der Waals surface area contributed by atoms with E-state index >= 15 is 0 Å². The lowest BCUT2D eigenvalue weighted by Crippen LogP contribution is -2.18. The highest BCUT2D eigenvalue weighted by Crippen LogP contribution is 2.24. The summed E-state index contributed by atoms with van der Waals surface area (Å²) < 4.78 is 20.4. The fraction of sp³-hybridized carbons (Fsp3) is 0.143. The molecule has 0 saturated heterocycles.